The summed E-state index contributed by atoms with van der Waals surface area (Å²) < 4.78 is 5.44. The quantitative estimate of drug-likeness (QED) is 0.807. The molecule has 1 saturated heterocycles. The second-order valence-electron chi connectivity index (χ2n) is 6.18. The number of hydrogen-bond donors (Lipinski definition) is 1. The molecular weight excluding hydrogens is 338 g/mol. The molecule has 0 spiro atoms. The first kappa shape index (κ1) is 19.4. The maximum absolute atomic E-state index is 12.4. The van der Waals surface area contributed by atoms with Gasteiger partial charge in [0.15, 0.2) is 0 Å². The van der Waals surface area contributed by atoms with Crippen LogP contribution in [0.1, 0.15) is 31.7 Å². The molecule has 1 aliphatic rings. The number of ether oxygens (including phenoxy) is 1. The van der Waals surface area contributed by atoms with Crippen LogP contribution in [0.3, 0.4) is 0 Å². The molecule has 0 bridgehead atoms. The zero-order chi connectivity index (χ0) is 18.4. The molecule has 0 aromatic heterocycles. The van der Waals surface area contributed by atoms with E-state index in [0.717, 1.165) is 11.3 Å². The maximum atomic E-state index is 12.4. The number of hydrogen-bond acceptors (Lipinski definition) is 4. The third-order valence-electron chi connectivity index (χ3n) is 4.06. The largest absolute Gasteiger partial charge is 0.496 e. The first-order chi connectivity index (χ1) is 12.0. The third-order valence-corrected chi connectivity index (χ3v) is 5.30. The highest BCUT2D eigenvalue weighted by Crippen LogP contribution is 2.42. The van der Waals surface area contributed by atoms with Gasteiger partial charge in [-0.1, -0.05) is 18.2 Å². The van der Waals surface area contributed by atoms with E-state index in [-0.39, 0.29) is 23.4 Å². The Morgan fingerprint density at radius 2 is 2.16 bits per heavy atom. The molecule has 25 heavy (non-hydrogen) atoms. The van der Waals surface area contributed by atoms with Crippen molar-refractivity contribution in [2.24, 2.45) is 0 Å². The SMILES string of the molecule is CCN(CCN1C(=O)CS[C@@H]1c1ccccc1OC)C(=O)NC(C)C. The summed E-state index contributed by atoms with van der Waals surface area (Å²) in [6, 6.07) is 7.77. The topological polar surface area (TPSA) is 61.9 Å². The fourth-order valence-electron chi connectivity index (χ4n) is 2.79. The van der Waals surface area contributed by atoms with Crippen LogP contribution in [0.25, 0.3) is 0 Å². The second-order valence-corrected chi connectivity index (χ2v) is 7.24. The number of methoxy groups -OCH3 is 1. The summed E-state index contributed by atoms with van der Waals surface area (Å²) in [5.74, 6) is 1.33. The van der Waals surface area contributed by atoms with Gasteiger partial charge in [-0.2, -0.15) is 0 Å². The van der Waals surface area contributed by atoms with Crippen molar-refractivity contribution in [3.63, 3.8) is 0 Å². The van der Waals surface area contributed by atoms with Gasteiger partial charge in [0.05, 0.1) is 12.9 Å². The zero-order valence-corrected chi connectivity index (χ0v) is 16.1. The van der Waals surface area contributed by atoms with Gasteiger partial charge in [0.25, 0.3) is 0 Å². The standard InChI is InChI=1S/C18H27N3O3S/c1-5-20(18(23)19-13(2)3)10-11-21-16(22)12-25-17(21)14-8-6-7-9-15(14)24-4/h6-9,13,17H,5,10-12H2,1-4H3,(H,19,23)/t17-/m1/s1. The van der Waals surface area contributed by atoms with Crippen LogP contribution >= 0.6 is 11.8 Å². The van der Waals surface area contributed by atoms with Gasteiger partial charge in [-0.15, -0.1) is 11.8 Å². The molecule has 7 heteroatoms. The smallest absolute Gasteiger partial charge is 0.317 e. The molecule has 1 N–H and O–H groups in total. The van der Waals surface area contributed by atoms with Crippen LogP contribution in [0, 0.1) is 0 Å². The number of carbonyl (C=O) groups excluding carboxylic acids is 2. The Morgan fingerprint density at radius 3 is 2.80 bits per heavy atom. The van der Waals surface area contributed by atoms with E-state index in [1.807, 2.05) is 49.9 Å². The molecule has 6 nitrogen and oxygen atoms in total. The normalized spacial score (nSPS) is 17.1. The highest BCUT2D eigenvalue weighted by Gasteiger charge is 2.34. The van der Waals surface area contributed by atoms with E-state index in [2.05, 4.69) is 5.32 Å². The molecule has 1 aromatic rings. The summed E-state index contributed by atoms with van der Waals surface area (Å²) in [6.45, 7) is 7.43. The van der Waals surface area contributed by atoms with Crippen LogP contribution in [0.2, 0.25) is 0 Å². The van der Waals surface area contributed by atoms with Gasteiger partial charge in [-0.05, 0) is 26.8 Å². The summed E-state index contributed by atoms with van der Waals surface area (Å²) in [5, 5.41) is 2.83. The Bertz CT molecular complexity index is 609. The molecule has 0 unspecified atom stereocenters. The van der Waals surface area contributed by atoms with Crippen molar-refractivity contribution in [3.8, 4) is 5.75 Å². The van der Waals surface area contributed by atoms with Gasteiger partial charge in [-0.25, -0.2) is 4.79 Å². The molecule has 0 saturated carbocycles. The van der Waals surface area contributed by atoms with Crippen LogP contribution in [-0.4, -0.2) is 60.3 Å². The molecule has 2 rings (SSSR count). The van der Waals surface area contributed by atoms with E-state index in [1.165, 1.54) is 0 Å². The van der Waals surface area contributed by atoms with Crippen LogP contribution in [0.5, 0.6) is 5.75 Å². The predicted molar refractivity (Wildman–Crippen MR) is 101 cm³/mol. The second kappa shape index (κ2) is 8.99. The van der Waals surface area contributed by atoms with E-state index in [1.54, 1.807) is 23.8 Å². The van der Waals surface area contributed by atoms with E-state index in [0.29, 0.717) is 25.4 Å². The minimum atomic E-state index is -0.0920. The number of para-hydroxylation sites is 1. The summed E-state index contributed by atoms with van der Waals surface area (Å²) >= 11 is 1.60. The molecule has 3 amide bonds. The Kier molecular flexibility index (Phi) is 6.99. The third kappa shape index (κ3) is 4.81. The molecule has 0 aliphatic carbocycles. The van der Waals surface area contributed by atoms with Crippen LogP contribution in [0.15, 0.2) is 24.3 Å². The van der Waals surface area contributed by atoms with E-state index < -0.39 is 0 Å². The van der Waals surface area contributed by atoms with E-state index in [4.69, 9.17) is 4.74 Å². The van der Waals surface area contributed by atoms with Crippen molar-refractivity contribution in [1.29, 1.82) is 0 Å². The number of likely N-dealkylation sites (N-methyl/N-ethyl adjacent to an activating group) is 1. The average Bonchev–Trinajstić information content (AvgIpc) is 2.95. The highest BCUT2D eigenvalue weighted by atomic mass is 32.2. The lowest BCUT2D eigenvalue weighted by molar-refractivity contribution is -0.128. The molecule has 1 atom stereocenters. The Balaban J connectivity index is 2.08. The van der Waals surface area contributed by atoms with Crippen molar-refractivity contribution in [2.45, 2.75) is 32.2 Å². The Morgan fingerprint density at radius 1 is 1.44 bits per heavy atom. The van der Waals surface area contributed by atoms with Gasteiger partial charge >= 0.3 is 6.03 Å². The molecule has 1 fully saturated rings. The summed E-state index contributed by atoms with van der Waals surface area (Å²) in [7, 11) is 1.64. The molecule has 1 aromatic carbocycles. The molecule has 138 valence electrons. The number of thioether (sulfide) groups is 1. The fraction of sp³-hybridized carbons (Fsp3) is 0.556. The lowest BCUT2D eigenvalue weighted by Gasteiger charge is -2.29. The van der Waals surface area contributed by atoms with Crippen LogP contribution in [0.4, 0.5) is 4.79 Å². The Labute approximate surface area is 153 Å². The average molecular weight is 365 g/mol. The number of nitrogens with zero attached hydrogens (tertiary/aromatic N) is 2. The maximum Gasteiger partial charge on any atom is 0.317 e. The van der Waals surface area contributed by atoms with E-state index in [9.17, 15) is 9.59 Å². The number of amides is 3. The first-order valence-corrected chi connectivity index (χ1v) is 9.62. The summed E-state index contributed by atoms with van der Waals surface area (Å²) in [5.41, 5.74) is 0.996. The minimum Gasteiger partial charge on any atom is -0.496 e. The van der Waals surface area contributed by atoms with Crippen LogP contribution in [-0.2, 0) is 4.79 Å². The first-order valence-electron chi connectivity index (χ1n) is 8.57. The molecular formula is C18H27N3O3S. The van der Waals surface area contributed by atoms with Gasteiger partial charge in [0.1, 0.15) is 11.1 Å². The van der Waals surface area contributed by atoms with Crippen molar-refractivity contribution >= 4 is 23.7 Å². The predicted octanol–water partition coefficient (Wildman–Crippen LogP) is 2.71. The number of nitrogens with one attached hydrogen (secondary N) is 1. The number of carbonyl (C=O) groups is 2. The monoisotopic (exact) mass is 365 g/mol. The minimum absolute atomic E-state index is 0.0736. The summed E-state index contributed by atoms with van der Waals surface area (Å²) in [6.07, 6.45) is 0. The number of benzene rings is 1. The number of urea groups is 1. The summed E-state index contributed by atoms with van der Waals surface area (Å²) in [4.78, 5) is 28.1. The van der Waals surface area contributed by atoms with E-state index >= 15 is 0 Å². The van der Waals surface area contributed by atoms with Crippen molar-refractivity contribution in [1.82, 2.24) is 15.1 Å². The number of rotatable bonds is 7. The molecule has 1 aliphatic heterocycles. The lowest BCUT2D eigenvalue weighted by Crippen LogP contribution is -2.46. The fourth-order valence-corrected chi connectivity index (χ4v) is 4.04. The van der Waals surface area contributed by atoms with Crippen molar-refractivity contribution < 1.29 is 14.3 Å². The van der Waals surface area contributed by atoms with Gasteiger partial charge in [0, 0.05) is 31.2 Å². The van der Waals surface area contributed by atoms with Gasteiger partial charge in [0.2, 0.25) is 5.91 Å². The molecule has 0 radical (unpaired) electrons. The van der Waals surface area contributed by atoms with Gasteiger partial charge in [-0.3, -0.25) is 4.79 Å². The van der Waals surface area contributed by atoms with Crippen molar-refractivity contribution in [2.75, 3.05) is 32.5 Å². The Hall–Kier alpha value is -1.89. The van der Waals surface area contributed by atoms with Gasteiger partial charge < -0.3 is 19.9 Å². The molecule has 1 heterocycles. The highest BCUT2D eigenvalue weighted by molar-refractivity contribution is 8.00. The lowest BCUT2D eigenvalue weighted by atomic mass is 10.2. The van der Waals surface area contributed by atoms with Crippen LogP contribution < -0.4 is 10.1 Å². The van der Waals surface area contributed by atoms with Crippen molar-refractivity contribution in [3.05, 3.63) is 29.8 Å². The zero-order valence-electron chi connectivity index (χ0n) is 15.3.